The van der Waals surface area contributed by atoms with Crippen LogP contribution in [0.4, 0.5) is 5.69 Å². The summed E-state index contributed by atoms with van der Waals surface area (Å²) in [4.78, 5) is 23.0. The Bertz CT molecular complexity index is 494. The van der Waals surface area contributed by atoms with E-state index in [1.807, 2.05) is 24.3 Å². The van der Waals surface area contributed by atoms with Crippen LogP contribution in [-0.2, 0) is 16.0 Å². The number of hydrogen-bond acceptors (Lipinski definition) is 3. The number of para-hydroxylation sites is 1. The van der Waals surface area contributed by atoms with E-state index in [0.717, 1.165) is 43.5 Å². The highest BCUT2D eigenvalue weighted by Gasteiger charge is 2.20. The van der Waals surface area contributed by atoms with Gasteiger partial charge in [-0.15, -0.1) is 0 Å². The second-order valence-corrected chi connectivity index (χ2v) is 5.40. The zero-order chi connectivity index (χ0) is 15.1. The maximum Gasteiger partial charge on any atom is 0.303 e. The number of anilines is 1. The van der Waals surface area contributed by atoms with E-state index in [-0.39, 0.29) is 18.4 Å². The fourth-order valence-corrected chi connectivity index (χ4v) is 2.57. The van der Waals surface area contributed by atoms with Gasteiger partial charge in [0.1, 0.15) is 0 Å². The van der Waals surface area contributed by atoms with Crippen LogP contribution in [0.15, 0.2) is 24.3 Å². The predicted octanol–water partition coefficient (Wildman–Crippen LogP) is 2.17. The lowest BCUT2D eigenvalue weighted by atomic mass is 10.1. The first-order valence-electron chi connectivity index (χ1n) is 7.51. The highest BCUT2D eigenvalue weighted by molar-refractivity contribution is 5.95. The Kier molecular flexibility index (Phi) is 5.75. The molecule has 114 valence electrons. The van der Waals surface area contributed by atoms with Crippen LogP contribution in [0.25, 0.3) is 0 Å². The molecule has 1 aliphatic rings. The average Bonchev–Trinajstić information content (AvgIpc) is 2.75. The van der Waals surface area contributed by atoms with Crippen molar-refractivity contribution in [3.63, 3.8) is 0 Å². The van der Waals surface area contributed by atoms with Crippen molar-refractivity contribution in [2.24, 2.45) is 0 Å². The summed E-state index contributed by atoms with van der Waals surface area (Å²) in [5.41, 5.74) is 1.58. The first-order valence-corrected chi connectivity index (χ1v) is 7.51. The molecule has 0 radical (unpaired) electrons. The molecule has 1 atom stereocenters. The molecule has 21 heavy (non-hydrogen) atoms. The molecule has 1 aliphatic heterocycles. The molecule has 0 aromatic heterocycles. The molecule has 1 unspecified atom stereocenters. The molecule has 1 saturated heterocycles. The molecular formula is C16H22N2O3. The van der Waals surface area contributed by atoms with Crippen LogP contribution in [-0.4, -0.2) is 29.6 Å². The monoisotopic (exact) mass is 290 g/mol. The second-order valence-electron chi connectivity index (χ2n) is 5.40. The first-order chi connectivity index (χ1) is 10.2. The Morgan fingerprint density at radius 3 is 2.86 bits per heavy atom. The number of benzene rings is 1. The van der Waals surface area contributed by atoms with Gasteiger partial charge in [0.05, 0.1) is 6.04 Å². The molecule has 0 aliphatic carbocycles. The highest BCUT2D eigenvalue weighted by atomic mass is 16.4. The molecule has 1 amide bonds. The molecule has 5 nitrogen and oxygen atoms in total. The molecular weight excluding hydrogens is 268 g/mol. The highest BCUT2D eigenvalue weighted by Crippen LogP contribution is 2.18. The van der Waals surface area contributed by atoms with Crippen molar-refractivity contribution in [3.05, 3.63) is 29.8 Å². The van der Waals surface area contributed by atoms with Gasteiger partial charge >= 0.3 is 5.97 Å². The van der Waals surface area contributed by atoms with E-state index in [4.69, 9.17) is 5.11 Å². The number of aliphatic carboxylic acids is 1. The number of carboxylic acids is 1. The van der Waals surface area contributed by atoms with Crippen molar-refractivity contribution in [2.45, 2.75) is 44.6 Å². The van der Waals surface area contributed by atoms with Crippen molar-refractivity contribution in [1.29, 1.82) is 0 Å². The number of aryl methyl sites for hydroxylation is 1. The van der Waals surface area contributed by atoms with E-state index in [9.17, 15) is 9.59 Å². The van der Waals surface area contributed by atoms with Gasteiger partial charge in [0, 0.05) is 12.1 Å². The fourth-order valence-electron chi connectivity index (χ4n) is 2.57. The largest absolute Gasteiger partial charge is 0.481 e. The molecule has 0 spiro atoms. The Morgan fingerprint density at radius 1 is 1.24 bits per heavy atom. The summed E-state index contributed by atoms with van der Waals surface area (Å²) in [5, 5.41) is 15.0. The summed E-state index contributed by atoms with van der Waals surface area (Å²) in [7, 11) is 0. The molecule has 1 aromatic rings. The third-order valence-electron chi connectivity index (χ3n) is 3.76. The quantitative estimate of drug-likeness (QED) is 0.776. The average molecular weight is 290 g/mol. The van der Waals surface area contributed by atoms with Crippen LogP contribution in [0.1, 0.15) is 37.7 Å². The first kappa shape index (κ1) is 15.5. The van der Waals surface area contributed by atoms with Crippen LogP contribution >= 0.6 is 0 Å². The van der Waals surface area contributed by atoms with Gasteiger partial charge in [-0.3, -0.25) is 9.59 Å². The zero-order valence-corrected chi connectivity index (χ0v) is 12.1. The van der Waals surface area contributed by atoms with Crippen LogP contribution < -0.4 is 10.6 Å². The van der Waals surface area contributed by atoms with Crippen molar-refractivity contribution >= 4 is 17.6 Å². The third-order valence-corrected chi connectivity index (χ3v) is 3.76. The predicted molar refractivity (Wildman–Crippen MR) is 81.3 cm³/mol. The van der Waals surface area contributed by atoms with Gasteiger partial charge in [0.25, 0.3) is 0 Å². The maximum atomic E-state index is 12.3. The van der Waals surface area contributed by atoms with E-state index in [1.54, 1.807) is 0 Å². The van der Waals surface area contributed by atoms with Gasteiger partial charge in [-0.1, -0.05) is 31.0 Å². The van der Waals surface area contributed by atoms with Crippen LogP contribution in [0.3, 0.4) is 0 Å². The molecule has 1 fully saturated rings. The lowest BCUT2D eigenvalue weighted by Crippen LogP contribution is -2.40. The molecule has 0 bridgehead atoms. The number of carbonyl (C=O) groups is 2. The Morgan fingerprint density at radius 2 is 2.05 bits per heavy atom. The molecule has 3 N–H and O–H groups in total. The number of amides is 1. The minimum Gasteiger partial charge on any atom is -0.481 e. The van der Waals surface area contributed by atoms with E-state index in [1.165, 1.54) is 0 Å². The Labute approximate surface area is 124 Å². The Hall–Kier alpha value is -1.88. The smallest absolute Gasteiger partial charge is 0.303 e. The summed E-state index contributed by atoms with van der Waals surface area (Å²) in [6.07, 6.45) is 4.66. The standard InChI is InChI=1S/C16H22N2O3/c19-15(20)10-9-12-6-3-4-7-13(12)18-16(21)14-8-2-1-5-11-17-14/h3-4,6-7,14,17H,1-2,5,8-11H2,(H,18,21)(H,19,20). The summed E-state index contributed by atoms with van der Waals surface area (Å²) in [5.74, 6) is -0.860. The lowest BCUT2D eigenvalue weighted by molar-refractivity contribution is -0.136. The molecule has 1 aromatic carbocycles. The molecule has 0 saturated carbocycles. The van der Waals surface area contributed by atoms with Crippen LogP contribution in [0.5, 0.6) is 0 Å². The fraction of sp³-hybridized carbons (Fsp3) is 0.500. The van der Waals surface area contributed by atoms with Gasteiger partial charge in [-0.2, -0.15) is 0 Å². The van der Waals surface area contributed by atoms with Crippen molar-refractivity contribution in [2.75, 3.05) is 11.9 Å². The summed E-state index contributed by atoms with van der Waals surface area (Å²) < 4.78 is 0. The van der Waals surface area contributed by atoms with Gasteiger partial charge in [0.15, 0.2) is 0 Å². The van der Waals surface area contributed by atoms with E-state index in [2.05, 4.69) is 10.6 Å². The van der Waals surface area contributed by atoms with Gasteiger partial charge in [-0.25, -0.2) is 0 Å². The number of rotatable bonds is 5. The maximum absolute atomic E-state index is 12.3. The van der Waals surface area contributed by atoms with E-state index >= 15 is 0 Å². The summed E-state index contributed by atoms with van der Waals surface area (Å²) >= 11 is 0. The van der Waals surface area contributed by atoms with Crippen LogP contribution in [0, 0.1) is 0 Å². The Balaban J connectivity index is 2.00. The molecule has 1 heterocycles. The van der Waals surface area contributed by atoms with E-state index in [0.29, 0.717) is 6.42 Å². The topological polar surface area (TPSA) is 78.4 Å². The van der Waals surface area contributed by atoms with Gasteiger partial charge < -0.3 is 15.7 Å². The zero-order valence-electron chi connectivity index (χ0n) is 12.1. The summed E-state index contributed by atoms with van der Waals surface area (Å²) in [6.45, 7) is 0.874. The third kappa shape index (κ3) is 4.86. The SMILES string of the molecule is O=C(O)CCc1ccccc1NC(=O)C1CCCCCN1. The van der Waals surface area contributed by atoms with Crippen molar-refractivity contribution < 1.29 is 14.7 Å². The minimum absolute atomic E-state index is 0.0281. The van der Waals surface area contributed by atoms with Gasteiger partial charge in [0.2, 0.25) is 5.91 Å². The van der Waals surface area contributed by atoms with Crippen molar-refractivity contribution in [1.82, 2.24) is 5.32 Å². The van der Waals surface area contributed by atoms with E-state index < -0.39 is 5.97 Å². The lowest BCUT2D eigenvalue weighted by Gasteiger charge is -2.17. The minimum atomic E-state index is -0.832. The van der Waals surface area contributed by atoms with Crippen molar-refractivity contribution in [3.8, 4) is 0 Å². The molecule has 2 rings (SSSR count). The summed E-state index contributed by atoms with van der Waals surface area (Å²) in [6, 6.07) is 7.24. The number of carboxylic acid groups (broad SMARTS) is 1. The normalized spacial score (nSPS) is 18.8. The molecule has 5 heteroatoms. The van der Waals surface area contributed by atoms with Crippen LogP contribution in [0.2, 0.25) is 0 Å². The number of carbonyl (C=O) groups excluding carboxylic acids is 1. The number of hydrogen-bond donors (Lipinski definition) is 3. The second kappa shape index (κ2) is 7.78. The van der Waals surface area contributed by atoms with Gasteiger partial charge in [-0.05, 0) is 37.4 Å². The number of nitrogens with one attached hydrogen (secondary N) is 2.